The SMILES string of the molecule is Brc1ccc(-c2ccc3c([o+]2)Cc2ccccc2C3)cc1. The summed E-state index contributed by atoms with van der Waals surface area (Å²) < 4.78 is 7.25. The van der Waals surface area contributed by atoms with E-state index in [1.165, 1.54) is 16.7 Å². The Labute approximate surface area is 132 Å². The molecule has 1 aromatic heterocycles. The Morgan fingerprint density at radius 1 is 0.714 bits per heavy atom. The summed E-state index contributed by atoms with van der Waals surface area (Å²) in [4.78, 5) is 0. The zero-order valence-corrected chi connectivity index (χ0v) is 13.1. The molecule has 0 aliphatic heterocycles. The Balaban J connectivity index is 1.74. The molecule has 1 nitrogen and oxygen atoms in total. The van der Waals surface area contributed by atoms with Crippen LogP contribution in [0.3, 0.4) is 0 Å². The molecular formula is C19H14BrO+. The van der Waals surface area contributed by atoms with Crippen LogP contribution in [0.15, 0.2) is 69.6 Å². The molecule has 0 spiro atoms. The molecule has 2 heteroatoms. The van der Waals surface area contributed by atoms with E-state index < -0.39 is 0 Å². The third-order valence-electron chi connectivity index (χ3n) is 4.01. The molecule has 2 aromatic carbocycles. The van der Waals surface area contributed by atoms with Crippen molar-refractivity contribution in [2.75, 3.05) is 0 Å². The minimum atomic E-state index is 0.885. The van der Waals surface area contributed by atoms with Gasteiger partial charge in [0.05, 0.1) is 17.5 Å². The molecule has 1 aliphatic rings. The van der Waals surface area contributed by atoms with Crippen molar-refractivity contribution in [3.05, 3.63) is 87.6 Å². The second kappa shape index (κ2) is 5.12. The van der Waals surface area contributed by atoms with Gasteiger partial charge in [-0.1, -0.05) is 40.2 Å². The Bertz CT molecular complexity index is 806. The smallest absolute Gasteiger partial charge is 0.212 e. The maximum Gasteiger partial charge on any atom is 0.360 e. The molecule has 0 atom stereocenters. The van der Waals surface area contributed by atoms with E-state index in [0.29, 0.717) is 0 Å². The van der Waals surface area contributed by atoms with Crippen LogP contribution in [0.1, 0.15) is 22.5 Å². The summed E-state index contributed by atoms with van der Waals surface area (Å²) >= 11 is 3.47. The van der Waals surface area contributed by atoms with Gasteiger partial charge in [-0.25, -0.2) is 4.42 Å². The lowest BCUT2D eigenvalue weighted by molar-refractivity contribution is 0.505. The molecule has 0 saturated carbocycles. The first kappa shape index (κ1) is 12.8. The van der Waals surface area contributed by atoms with Gasteiger partial charge in [-0.3, -0.25) is 0 Å². The molecule has 102 valence electrons. The normalized spacial score (nSPS) is 12.6. The molecule has 1 aliphatic carbocycles. The van der Waals surface area contributed by atoms with Crippen LogP contribution in [-0.4, -0.2) is 0 Å². The van der Waals surface area contributed by atoms with Gasteiger partial charge in [0, 0.05) is 17.0 Å². The summed E-state index contributed by atoms with van der Waals surface area (Å²) in [5.74, 6) is 2.02. The summed E-state index contributed by atoms with van der Waals surface area (Å²) in [6.45, 7) is 0. The number of halogens is 1. The lowest BCUT2D eigenvalue weighted by Crippen LogP contribution is -2.07. The van der Waals surface area contributed by atoms with E-state index in [1.807, 2.05) is 12.1 Å². The van der Waals surface area contributed by atoms with Crippen molar-refractivity contribution in [2.45, 2.75) is 12.8 Å². The minimum Gasteiger partial charge on any atom is -0.212 e. The van der Waals surface area contributed by atoms with E-state index in [0.717, 1.165) is 34.4 Å². The maximum absolute atomic E-state index is 6.17. The Morgan fingerprint density at radius 3 is 2.19 bits per heavy atom. The van der Waals surface area contributed by atoms with E-state index in [2.05, 4.69) is 64.5 Å². The number of rotatable bonds is 1. The summed E-state index contributed by atoms with van der Waals surface area (Å²) in [5.41, 5.74) is 5.20. The van der Waals surface area contributed by atoms with Gasteiger partial charge in [-0.15, -0.1) is 0 Å². The maximum atomic E-state index is 6.17. The fraction of sp³-hybridized carbons (Fsp3) is 0.105. The van der Waals surface area contributed by atoms with Crippen molar-refractivity contribution < 1.29 is 4.42 Å². The predicted molar refractivity (Wildman–Crippen MR) is 88.3 cm³/mol. The van der Waals surface area contributed by atoms with Gasteiger partial charge >= 0.3 is 11.5 Å². The zero-order valence-electron chi connectivity index (χ0n) is 11.5. The van der Waals surface area contributed by atoms with Crippen LogP contribution in [0.2, 0.25) is 0 Å². The molecule has 1 heterocycles. The highest BCUT2D eigenvalue weighted by atomic mass is 79.9. The van der Waals surface area contributed by atoms with Crippen molar-refractivity contribution in [2.24, 2.45) is 0 Å². The molecule has 4 rings (SSSR count). The van der Waals surface area contributed by atoms with E-state index >= 15 is 0 Å². The van der Waals surface area contributed by atoms with Crippen molar-refractivity contribution in [1.82, 2.24) is 0 Å². The molecule has 3 aromatic rings. The minimum absolute atomic E-state index is 0.885. The van der Waals surface area contributed by atoms with Crippen LogP contribution >= 0.6 is 15.9 Å². The lowest BCUT2D eigenvalue weighted by Gasteiger charge is -2.12. The van der Waals surface area contributed by atoms with Crippen LogP contribution in [0, 0.1) is 0 Å². The van der Waals surface area contributed by atoms with E-state index in [-0.39, 0.29) is 0 Å². The Morgan fingerprint density at radius 2 is 1.43 bits per heavy atom. The average molecular weight is 338 g/mol. The highest BCUT2D eigenvalue weighted by Gasteiger charge is 2.26. The first-order valence-electron chi connectivity index (χ1n) is 7.07. The molecule has 0 bridgehead atoms. The topological polar surface area (TPSA) is 11.3 Å². The molecule has 0 N–H and O–H groups in total. The molecule has 21 heavy (non-hydrogen) atoms. The monoisotopic (exact) mass is 337 g/mol. The Hall–Kier alpha value is -1.93. The Kier molecular flexibility index (Phi) is 3.12. The van der Waals surface area contributed by atoms with Crippen LogP contribution in [0.5, 0.6) is 0 Å². The highest BCUT2D eigenvalue weighted by Crippen LogP contribution is 2.31. The van der Waals surface area contributed by atoms with Crippen molar-refractivity contribution in [3.8, 4) is 11.3 Å². The van der Waals surface area contributed by atoms with Crippen molar-refractivity contribution >= 4 is 15.9 Å². The fourth-order valence-electron chi connectivity index (χ4n) is 2.86. The third-order valence-corrected chi connectivity index (χ3v) is 4.53. The second-order valence-corrected chi connectivity index (χ2v) is 6.29. The largest absolute Gasteiger partial charge is 0.360 e. The van der Waals surface area contributed by atoms with Crippen LogP contribution in [0.25, 0.3) is 11.3 Å². The average Bonchev–Trinajstić information content (AvgIpc) is 2.53. The lowest BCUT2D eigenvalue weighted by atomic mass is 9.90. The number of hydrogen-bond acceptors (Lipinski definition) is 0. The van der Waals surface area contributed by atoms with Crippen molar-refractivity contribution in [3.63, 3.8) is 0 Å². The quantitative estimate of drug-likeness (QED) is 0.418. The molecule has 0 radical (unpaired) electrons. The van der Waals surface area contributed by atoms with Gasteiger partial charge in [0.2, 0.25) is 0 Å². The van der Waals surface area contributed by atoms with Gasteiger partial charge in [0.1, 0.15) is 0 Å². The van der Waals surface area contributed by atoms with Crippen LogP contribution in [0.4, 0.5) is 0 Å². The van der Waals surface area contributed by atoms with Gasteiger partial charge in [-0.05, 0) is 41.5 Å². The highest BCUT2D eigenvalue weighted by molar-refractivity contribution is 9.10. The summed E-state index contributed by atoms with van der Waals surface area (Å²) in [6.07, 6.45) is 1.85. The van der Waals surface area contributed by atoms with E-state index in [4.69, 9.17) is 4.42 Å². The molecule has 0 fully saturated rings. The number of fused-ring (bicyclic) bond motifs is 2. The molecule has 0 saturated heterocycles. The standard InChI is InChI=1S/C19H14BrO/c20-17-8-5-13(6-9-17)18-10-7-16-11-14-3-1-2-4-15(14)12-19(16)21-18/h1-10H,11-12H2/q+1. The summed E-state index contributed by atoms with van der Waals surface area (Å²) in [5, 5.41) is 0. The fourth-order valence-corrected chi connectivity index (χ4v) is 3.12. The van der Waals surface area contributed by atoms with Crippen molar-refractivity contribution in [1.29, 1.82) is 0 Å². The van der Waals surface area contributed by atoms with Gasteiger partial charge < -0.3 is 0 Å². The first-order chi connectivity index (χ1) is 10.3. The number of benzene rings is 2. The predicted octanol–water partition coefficient (Wildman–Crippen LogP) is 5.49. The van der Waals surface area contributed by atoms with E-state index in [1.54, 1.807) is 0 Å². The second-order valence-electron chi connectivity index (χ2n) is 5.38. The summed E-state index contributed by atoms with van der Waals surface area (Å²) in [6, 6.07) is 21.1. The van der Waals surface area contributed by atoms with Crippen LogP contribution < -0.4 is 0 Å². The molecule has 0 unspecified atom stereocenters. The van der Waals surface area contributed by atoms with Gasteiger partial charge in [-0.2, -0.15) is 0 Å². The van der Waals surface area contributed by atoms with Gasteiger partial charge in [0.25, 0.3) is 0 Å². The van der Waals surface area contributed by atoms with E-state index in [9.17, 15) is 0 Å². The summed E-state index contributed by atoms with van der Waals surface area (Å²) in [7, 11) is 0. The van der Waals surface area contributed by atoms with Crippen LogP contribution in [-0.2, 0) is 12.8 Å². The zero-order chi connectivity index (χ0) is 14.2. The third kappa shape index (κ3) is 2.40. The van der Waals surface area contributed by atoms with Gasteiger partial charge in [0.15, 0.2) is 0 Å². The molecule has 0 amide bonds. The first-order valence-corrected chi connectivity index (χ1v) is 7.86. The molecular weight excluding hydrogens is 324 g/mol. The number of hydrogen-bond donors (Lipinski definition) is 0.